The largest absolute Gasteiger partial charge is 0.462 e. The molecular weight excluding hydrogens is 406 g/mol. The van der Waals surface area contributed by atoms with E-state index in [0.29, 0.717) is 29.6 Å². The standard InChI is InChI=1S/C21H29N3O3S2/c1-4-27-21(26)19-16(17-6-5-13-28-17)14-29-20(19)22-18(25)7-8-23-9-11-24(12-10-23)15(2)3/h5-6,13-15H,4,7-12H2,1-3H3,(H,22,25). The van der Waals surface area contributed by atoms with Crippen LogP contribution in [0.4, 0.5) is 5.00 Å². The van der Waals surface area contributed by atoms with Gasteiger partial charge in [-0.05, 0) is 32.2 Å². The van der Waals surface area contributed by atoms with E-state index in [4.69, 9.17) is 4.74 Å². The maximum Gasteiger partial charge on any atom is 0.341 e. The minimum atomic E-state index is -0.391. The summed E-state index contributed by atoms with van der Waals surface area (Å²) in [5.41, 5.74) is 1.28. The second-order valence-electron chi connectivity index (χ2n) is 7.32. The number of esters is 1. The van der Waals surface area contributed by atoms with Crippen LogP contribution in [0, 0.1) is 0 Å². The second-order valence-corrected chi connectivity index (χ2v) is 9.15. The highest BCUT2D eigenvalue weighted by Gasteiger charge is 2.24. The van der Waals surface area contributed by atoms with Gasteiger partial charge in [-0.3, -0.25) is 9.69 Å². The Morgan fingerprint density at radius 3 is 2.59 bits per heavy atom. The van der Waals surface area contributed by atoms with Crippen molar-refractivity contribution in [3.8, 4) is 10.4 Å². The maximum absolute atomic E-state index is 12.6. The molecule has 2 aromatic rings. The number of piperazine rings is 1. The quantitative estimate of drug-likeness (QED) is 0.635. The third kappa shape index (κ3) is 5.66. The van der Waals surface area contributed by atoms with Crippen LogP contribution in [-0.2, 0) is 9.53 Å². The molecule has 1 aliphatic heterocycles. The van der Waals surface area contributed by atoms with Crippen molar-refractivity contribution in [1.82, 2.24) is 9.80 Å². The van der Waals surface area contributed by atoms with E-state index in [-0.39, 0.29) is 5.91 Å². The molecule has 0 radical (unpaired) electrons. The lowest BCUT2D eigenvalue weighted by Crippen LogP contribution is -2.49. The molecule has 0 saturated carbocycles. The van der Waals surface area contributed by atoms with E-state index in [1.807, 2.05) is 22.9 Å². The first-order chi connectivity index (χ1) is 14.0. The zero-order valence-corrected chi connectivity index (χ0v) is 18.9. The summed E-state index contributed by atoms with van der Waals surface area (Å²) < 4.78 is 5.24. The molecule has 8 heteroatoms. The summed E-state index contributed by atoms with van der Waals surface area (Å²) in [6.45, 7) is 11.3. The normalized spacial score (nSPS) is 15.6. The Kier molecular flexibility index (Phi) is 7.83. The van der Waals surface area contributed by atoms with Gasteiger partial charge in [0.05, 0.1) is 6.61 Å². The summed E-state index contributed by atoms with van der Waals surface area (Å²) in [4.78, 5) is 30.9. The van der Waals surface area contributed by atoms with Crippen molar-refractivity contribution >= 4 is 39.6 Å². The predicted octanol–water partition coefficient (Wildman–Crippen LogP) is 4.01. The van der Waals surface area contributed by atoms with Gasteiger partial charge >= 0.3 is 5.97 Å². The van der Waals surface area contributed by atoms with Crippen LogP contribution in [0.2, 0.25) is 0 Å². The second kappa shape index (κ2) is 10.3. The molecule has 0 aliphatic carbocycles. The highest BCUT2D eigenvalue weighted by atomic mass is 32.1. The molecule has 1 N–H and O–H groups in total. The summed E-state index contributed by atoms with van der Waals surface area (Å²) in [6, 6.07) is 4.49. The van der Waals surface area contributed by atoms with Crippen LogP contribution in [0.1, 0.15) is 37.6 Å². The number of rotatable bonds is 8. The zero-order valence-electron chi connectivity index (χ0n) is 17.3. The molecule has 0 atom stereocenters. The number of ether oxygens (including phenoxy) is 1. The van der Waals surface area contributed by atoms with Gasteiger partial charge < -0.3 is 15.0 Å². The van der Waals surface area contributed by atoms with Gasteiger partial charge in [0.1, 0.15) is 10.6 Å². The summed E-state index contributed by atoms with van der Waals surface area (Å²) >= 11 is 2.94. The molecule has 0 aromatic carbocycles. The number of hydrogen-bond donors (Lipinski definition) is 1. The fraction of sp³-hybridized carbons (Fsp3) is 0.524. The van der Waals surface area contributed by atoms with Crippen molar-refractivity contribution in [3.63, 3.8) is 0 Å². The van der Waals surface area contributed by atoms with Crippen molar-refractivity contribution in [2.24, 2.45) is 0 Å². The van der Waals surface area contributed by atoms with Gasteiger partial charge in [0.25, 0.3) is 0 Å². The van der Waals surface area contributed by atoms with Crippen LogP contribution < -0.4 is 5.32 Å². The summed E-state index contributed by atoms with van der Waals surface area (Å²) in [7, 11) is 0. The minimum absolute atomic E-state index is 0.0681. The number of hydrogen-bond acceptors (Lipinski definition) is 7. The Labute approximate surface area is 180 Å². The third-order valence-electron chi connectivity index (χ3n) is 5.10. The molecule has 158 valence electrons. The molecule has 3 heterocycles. The molecule has 2 aromatic heterocycles. The monoisotopic (exact) mass is 435 g/mol. The van der Waals surface area contributed by atoms with E-state index in [0.717, 1.165) is 43.2 Å². The molecule has 1 amide bonds. The number of amides is 1. The van der Waals surface area contributed by atoms with E-state index in [9.17, 15) is 9.59 Å². The molecule has 0 spiro atoms. The molecule has 29 heavy (non-hydrogen) atoms. The lowest BCUT2D eigenvalue weighted by molar-refractivity contribution is -0.116. The van der Waals surface area contributed by atoms with Crippen molar-refractivity contribution in [1.29, 1.82) is 0 Å². The van der Waals surface area contributed by atoms with Gasteiger partial charge in [0.2, 0.25) is 5.91 Å². The lowest BCUT2D eigenvalue weighted by atomic mass is 10.1. The van der Waals surface area contributed by atoms with Crippen LogP contribution in [0.3, 0.4) is 0 Å². The Balaban J connectivity index is 1.61. The van der Waals surface area contributed by atoms with Gasteiger partial charge in [-0.25, -0.2) is 4.79 Å². The van der Waals surface area contributed by atoms with Crippen LogP contribution in [0.15, 0.2) is 22.9 Å². The molecule has 1 saturated heterocycles. The summed E-state index contributed by atoms with van der Waals surface area (Å²) in [5, 5.41) is 7.40. The van der Waals surface area contributed by atoms with Crippen LogP contribution >= 0.6 is 22.7 Å². The van der Waals surface area contributed by atoms with Crippen LogP contribution in [0.25, 0.3) is 10.4 Å². The van der Waals surface area contributed by atoms with E-state index in [2.05, 4.69) is 29.0 Å². The average molecular weight is 436 g/mol. The Hall–Kier alpha value is -1.74. The van der Waals surface area contributed by atoms with E-state index in [1.165, 1.54) is 11.3 Å². The number of carbonyl (C=O) groups is 2. The number of anilines is 1. The Bertz CT molecular complexity index is 809. The van der Waals surface area contributed by atoms with Gasteiger partial charge in [-0.2, -0.15) is 0 Å². The smallest absolute Gasteiger partial charge is 0.341 e. The first-order valence-corrected chi connectivity index (χ1v) is 11.8. The van der Waals surface area contributed by atoms with E-state index >= 15 is 0 Å². The molecule has 6 nitrogen and oxygen atoms in total. The zero-order chi connectivity index (χ0) is 20.8. The van der Waals surface area contributed by atoms with Crippen molar-refractivity contribution < 1.29 is 14.3 Å². The summed E-state index contributed by atoms with van der Waals surface area (Å²) in [6.07, 6.45) is 0.413. The van der Waals surface area contributed by atoms with Crippen molar-refractivity contribution in [2.45, 2.75) is 33.2 Å². The van der Waals surface area contributed by atoms with E-state index in [1.54, 1.807) is 18.3 Å². The molecule has 3 rings (SSSR count). The van der Waals surface area contributed by atoms with Crippen LogP contribution in [0.5, 0.6) is 0 Å². The highest BCUT2D eigenvalue weighted by molar-refractivity contribution is 7.17. The van der Waals surface area contributed by atoms with Gasteiger partial charge in [0, 0.05) is 61.0 Å². The number of carbonyl (C=O) groups excluding carboxylic acids is 2. The number of nitrogens with zero attached hydrogens (tertiary/aromatic N) is 2. The van der Waals surface area contributed by atoms with Crippen molar-refractivity contribution in [3.05, 3.63) is 28.5 Å². The first kappa shape index (κ1) is 22.0. The number of thiophene rings is 2. The summed E-state index contributed by atoms with van der Waals surface area (Å²) in [5.74, 6) is -0.460. The Morgan fingerprint density at radius 1 is 1.21 bits per heavy atom. The highest BCUT2D eigenvalue weighted by Crippen LogP contribution is 2.38. The fourth-order valence-corrected chi connectivity index (χ4v) is 5.21. The lowest BCUT2D eigenvalue weighted by Gasteiger charge is -2.36. The molecule has 1 fully saturated rings. The third-order valence-corrected chi connectivity index (χ3v) is 6.90. The maximum atomic E-state index is 12.6. The fourth-order valence-electron chi connectivity index (χ4n) is 3.42. The van der Waals surface area contributed by atoms with Crippen LogP contribution in [-0.4, -0.2) is 67.0 Å². The van der Waals surface area contributed by atoms with Crippen molar-refractivity contribution in [2.75, 3.05) is 44.6 Å². The van der Waals surface area contributed by atoms with E-state index < -0.39 is 5.97 Å². The molecule has 0 bridgehead atoms. The minimum Gasteiger partial charge on any atom is -0.462 e. The topological polar surface area (TPSA) is 61.9 Å². The molecule has 1 aliphatic rings. The SMILES string of the molecule is CCOC(=O)c1c(-c2cccs2)csc1NC(=O)CCN1CCN(C(C)C)CC1. The van der Waals surface area contributed by atoms with Gasteiger partial charge in [-0.15, -0.1) is 22.7 Å². The molecular formula is C21H29N3O3S2. The average Bonchev–Trinajstić information content (AvgIpc) is 3.36. The Morgan fingerprint density at radius 2 is 1.97 bits per heavy atom. The van der Waals surface area contributed by atoms with Gasteiger partial charge in [0.15, 0.2) is 0 Å². The van der Waals surface area contributed by atoms with Gasteiger partial charge in [-0.1, -0.05) is 6.07 Å². The first-order valence-electron chi connectivity index (χ1n) is 10.1. The number of nitrogens with one attached hydrogen (secondary N) is 1. The predicted molar refractivity (Wildman–Crippen MR) is 120 cm³/mol. The molecule has 0 unspecified atom stereocenters.